The number of carbonyl (C=O) groups is 1. The molecular formula is C16H24N2O2. The Labute approximate surface area is 121 Å². The van der Waals surface area contributed by atoms with Crippen LogP contribution in [0.4, 0.5) is 0 Å². The third-order valence-corrected chi connectivity index (χ3v) is 3.63. The molecule has 1 N–H and O–H groups in total. The number of likely N-dealkylation sites (N-methyl/N-ethyl adjacent to an activating group) is 1. The van der Waals surface area contributed by atoms with Gasteiger partial charge in [0.2, 0.25) is 0 Å². The minimum atomic E-state index is -0.000485. The first-order valence-corrected chi connectivity index (χ1v) is 7.27. The van der Waals surface area contributed by atoms with Gasteiger partial charge in [0.15, 0.2) is 6.61 Å². The number of ether oxygens (including phenoxy) is 1. The molecule has 0 heterocycles. The van der Waals surface area contributed by atoms with Crippen molar-refractivity contribution in [2.45, 2.75) is 45.3 Å². The summed E-state index contributed by atoms with van der Waals surface area (Å²) in [5.41, 5.74) is 1.25. The van der Waals surface area contributed by atoms with Crippen LogP contribution >= 0.6 is 0 Å². The van der Waals surface area contributed by atoms with Gasteiger partial charge >= 0.3 is 0 Å². The van der Waals surface area contributed by atoms with E-state index in [4.69, 9.17) is 4.74 Å². The van der Waals surface area contributed by atoms with Crippen LogP contribution in [-0.4, -0.2) is 36.5 Å². The lowest BCUT2D eigenvalue weighted by Gasteiger charge is -2.21. The van der Waals surface area contributed by atoms with Crippen LogP contribution in [0, 0.1) is 0 Å². The van der Waals surface area contributed by atoms with E-state index in [1.165, 1.54) is 18.4 Å². The zero-order chi connectivity index (χ0) is 14.5. The fraction of sp³-hybridized carbons (Fsp3) is 0.562. The van der Waals surface area contributed by atoms with Gasteiger partial charge < -0.3 is 15.0 Å². The van der Waals surface area contributed by atoms with Crippen molar-refractivity contribution in [3.63, 3.8) is 0 Å². The number of amides is 1. The Morgan fingerprint density at radius 1 is 1.35 bits per heavy atom. The molecule has 0 radical (unpaired) electrons. The van der Waals surface area contributed by atoms with Crippen LogP contribution in [-0.2, 0) is 11.3 Å². The van der Waals surface area contributed by atoms with Crippen molar-refractivity contribution in [1.82, 2.24) is 10.2 Å². The molecule has 1 fully saturated rings. The second-order valence-electron chi connectivity index (χ2n) is 5.69. The van der Waals surface area contributed by atoms with Crippen molar-refractivity contribution in [1.29, 1.82) is 0 Å². The van der Waals surface area contributed by atoms with Gasteiger partial charge in [-0.2, -0.15) is 0 Å². The zero-order valence-corrected chi connectivity index (χ0v) is 12.6. The second kappa shape index (κ2) is 6.75. The standard InChI is InChI=1S/C16H24N2O2/c1-12(2)18(3)16(19)11-20-15-8-4-13(5-9-15)10-17-14-6-7-14/h4-5,8-9,12,14,17H,6-7,10-11H2,1-3H3. The molecule has 0 aromatic heterocycles. The average molecular weight is 276 g/mol. The Morgan fingerprint density at radius 3 is 2.55 bits per heavy atom. The Hall–Kier alpha value is -1.55. The quantitative estimate of drug-likeness (QED) is 0.830. The number of nitrogens with one attached hydrogen (secondary N) is 1. The molecule has 0 saturated heterocycles. The normalized spacial score (nSPS) is 14.4. The van der Waals surface area contributed by atoms with Crippen molar-refractivity contribution in [2.75, 3.05) is 13.7 Å². The average Bonchev–Trinajstić information content (AvgIpc) is 3.26. The van der Waals surface area contributed by atoms with E-state index in [2.05, 4.69) is 5.32 Å². The second-order valence-corrected chi connectivity index (χ2v) is 5.69. The number of hydrogen-bond acceptors (Lipinski definition) is 3. The summed E-state index contributed by atoms with van der Waals surface area (Å²) in [4.78, 5) is 13.5. The lowest BCUT2D eigenvalue weighted by atomic mass is 10.2. The first kappa shape index (κ1) is 14.9. The first-order valence-electron chi connectivity index (χ1n) is 7.27. The Bertz CT molecular complexity index is 438. The molecule has 0 spiro atoms. The Morgan fingerprint density at radius 2 is 2.00 bits per heavy atom. The largest absolute Gasteiger partial charge is 0.484 e. The maximum atomic E-state index is 11.8. The monoisotopic (exact) mass is 276 g/mol. The summed E-state index contributed by atoms with van der Waals surface area (Å²) in [5, 5.41) is 3.47. The lowest BCUT2D eigenvalue weighted by Crippen LogP contribution is -2.36. The SMILES string of the molecule is CC(C)N(C)C(=O)COc1ccc(CNC2CC2)cc1. The number of rotatable bonds is 7. The number of benzene rings is 1. The summed E-state index contributed by atoms with van der Waals surface area (Å²) in [7, 11) is 1.79. The molecule has 0 aliphatic heterocycles. The summed E-state index contributed by atoms with van der Waals surface area (Å²) < 4.78 is 5.52. The third kappa shape index (κ3) is 4.53. The zero-order valence-electron chi connectivity index (χ0n) is 12.6. The van der Waals surface area contributed by atoms with Crippen molar-refractivity contribution in [3.05, 3.63) is 29.8 Å². The minimum Gasteiger partial charge on any atom is -0.484 e. The number of nitrogens with zero attached hydrogens (tertiary/aromatic N) is 1. The fourth-order valence-electron chi connectivity index (χ4n) is 1.79. The molecule has 0 unspecified atom stereocenters. The highest BCUT2D eigenvalue weighted by Gasteiger charge is 2.19. The first-order chi connectivity index (χ1) is 9.56. The van der Waals surface area contributed by atoms with E-state index in [0.29, 0.717) is 0 Å². The molecular weight excluding hydrogens is 252 g/mol. The molecule has 0 atom stereocenters. The Balaban J connectivity index is 1.76. The van der Waals surface area contributed by atoms with Crippen LogP contribution < -0.4 is 10.1 Å². The highest BCUT2D eigenvalue weighted by Crippen LogP contribution is 2.20. The molecule has 2 rings (SSSR count). The topological polar surface area (TPSA) is 41.6 Å². The van der Waals surface area contributed by atoms with Gasteiger partial charge in [0.1, 0.15) is 5.75 Å². The highest BCUT2D eigenvalue weighted by molar-refractivity contribution is 5.77. The van der Waals surface area contributed by atoms with Crippen LogP contribution in [0.5, 0.6) is 5.75 Å². The maximum Gasteiger partial charge on any atom is 0.260 e. The van der Waals surface area contributed by atoms with E-state index < -0.39 is 0 Å². The molecule has 1 saturated carbocycles. The molecule has 4 heteroatoms. The third-order valence-electron chi connectivity index (χ3n) is 3.63. The van der Waals surface area contributed by atoms with E-state index in [-0.39, 0.29) is 18.6 Å². The molecule has 20 heavy (non-hydrogen) atoms. The fourth-order valence-corrected chi connectivity index (χ4v) is 1.79. The van der Waals surface area contributed by atoms with Crippen LogP contribution in [0.1, 0.15) is 32.3 Å². The van der Waals surface area contributed by atoms with E-state index in [1.54, 1.807) is 11.9 Å². The van der Waals surface area contributed by atoms with Crippen molar-refractivity contribution < 1.29 is 9.53 Å². The summed E-state index contributed by atoms with van der Waals surface area (Å²) in [5.74, 6) is 0.741. The molecule has 1 amide bonds. The van der Waals surface area contributed by atoms with Gasteiger partial charge in [-0.25, -0.2) is 0 Å². The minimum absolute atomic E-state index is 0.000485. The summed E-state index contributed by atoms with van der Waals surface area (Å²) >= 11 is 0. The predicted octanol–water partition coefficient (Wildman–Crippen LogP) is 2.18. The van der Waals surface area contributed by atoms with Gasteiger partial charge in [0.25, 0.3) is 5.91 Å². The van der Waals surface area contributed by atoms with Crippen LogP contribution in [0.15, 0.2) is 24.3 Å². The van der Waals surface area contributed by atoms with Crippen molar-refractivity contribution in [3.8, 4) is 5.75 Å². The number of hydrogen-bond donors (Lipinski definition) is 1. The van der Waals surface area contributed by atoms with E-state index in [1.807, 2.05) is 38.1 Å². The Kier molecular flexibility index (Phi) is 5.01. The molecule has 1 aliphatic rings. The molecule has 1 aliphatic carbocycles. The molecule has 1 aromatic rings. The molecule has 1 aromatic carbocycles. The van der Waals surface area contributed by atoms with E-state index >= 15 is 0 Å². The summed E-state index contributed by atoms with van der Waals surface area (Å²) in [6.07, 6.45) is 2.60. The smallest absolute Gasteiger partial charge is 0.260 e. The van der Waals surface area contributed by atoms with Gasteiger partial charge in [0.05, 0.1) is 0 Å². The molecule has 0 bridgehead atoms. The predicted molar refractivity (Wildman–Crippen MR) is 79.7 cm³/mol. The summed E-state index contributed by atoms with van der Waals surface area (Å²) in [6.45, 7) is 4.97. The lowest BCUT2D eigenvalue weighted by molar-refractivity contribution is -0.133. The van der Waals surface area contributed by atoms with Crippen molar-refractivity contribution >= 4 is 5.91 Å². The van der Waals surface area contributed by atoms with Crippen molar-refractivity contribution in [2.24, 2.45) is 0 Å². The van der Waals surface area contributed by atoms with Gasteiger partial charge in [-0.3, -0.25) is 4.79 Å². The maximum absolute atomic E-state index is 11.8. The van der Waals surface area contributed by atoms with E-state index in [9.17, 15) is 4.79 Å². The number of carbonyl (C=O) groups excluding carboxylic acids is 1. The molecule has 4 nitrogen and oxygen atoms in total. The van der Waals surface area contributed by atoms with E-state index in [0.717, 1.165) is 18.3 Å². The van der Waals surface area contributed by atoms with Crippen LogP contribution in [0.25, 0.3) is 0 Å². The molecule has 110 valence electrons. The van der Waals surface area contributed by atoms with Gasteiger partial charge in [-0.1, -0.05) is 12.1 Å². The highest BCUT2D eigenvalue weighted by atomic mass is 16.5. The summed E-state index contributed by atoms with van der Waals surface area (Å²) in [6, 6.07) is 8.85. The van der Waals surface area contributed by atoms with Crippen LogP contribution in [0.3, 0.4) is 0 Å². The van der Waals surface area contributed by atoms with Gasteiger partial charge in [-0.05, 0) is 44.4 Å². The van der Waals surface area contributed by atoms with Gasteiger partial charge in [0, 0.05) is 25.7 Å². The van der Waals surface area contributed by atoms with Crippen LogP contribution in [0.2, 0.25) is 0 Å². The van der Waals surface area contributed by atoms with Gasteiger partial charge in [-0.15, -0.1) is 0 Å².